The lowest BCUT2D eigenvalue weighted by Gasteiger charge is -2.14. The molecule has 0 aliphatic carbocycles. The predicted octanol–water partition coefficient (Wildman–Crippen LogP) is 4.36. The Hall–Kier alpha value is -1.28. The Balaban J connectivity index is 2.78. The number of hydrogen-bond donors (Lipinski definition) is 1. The van der Waals surface area contributed by atoms with Crippen LogP contribution in [0.5, 0.6) is 0 Å². The first kappa shape index (κ1) is 12.2. The lowest BCUT2D eigenvalue weighted by molar-refractivity contribution is 0.864. The Kier molecular flexibility index (Phi) is 3.25. The first-order valence-electron chi connectivity index (χ1n) is 5.81. The van der Waals surface area contributed by atoms with Crippen LogP contribution in [0.15, 0.2) is 18.2 Å². The van der Waals surface area contributed by atoms with Gasteiger partial charge in [-0.25, -0.2) is 4.98 Å². The number of halogens is 1. The van der Waals surface area contributed by atoms with E-state index in [1.807, 2.05) is 26.1 Å². The summed E-state index contributed by atoms with van der Waals surface area (Å²) in [7, 11) is 1.91. The van der Waals surface area contributed by atoms with Gasteiger partial charge in [0.25, 0.3) is 0 Å². The molecule has 17 heavy (non-hydrogen) atoms. The highest BCUT2D eigenvalue weighted by atomic mass is 35.5. The molecule has 3 heteroatoms. The van der Waals surface area contributed by atoms with E-state index < -0.39 is 0 Å². The van der Waals surface area contributed by atoms with Gasteiger partial charge < -0.3 is 5.32 Å². The third kappa shape index (κ3) is 2.22. The van der Waals surface area contributed by atoms with Crippen molar-refractivity contribution in [2.24, 2.45) is 0 Å². The number of benzene rings is 1. The van der Waals surface area contributed by atoms with Crippen LogP contribution in [0.25, 0.3) is 10.9 Å². The van der Waals surface area contributed by atoms with E-state index in [1.54, 1.807) is 0 Å². The number of pyridine rings is 1. The van der Waals surface area contributed by atoms with Crippen molar-refractivity contribution in [2.75, 3.05) is 12.4 Å². The van der Waals surface area contributed by atoms with Crippen LogP contribution in [0.1, 0.15) is 30.9 Å². The van der Waals surface area contributed by atoms with Crippen molar-refractivity contribution < 1.29 is 0 Å². The number of aromatic nitrogens is 1. The van der Waals surface area contributed by atoms with Crippen LogP contribution >= 0.6 is 11.6 Å². The summed E-state index contributed by atoms with van der Waals surface area (Å²) in [4.78, 5) is 4.69. The largest absolute Gasteiger partial charge is 0.373 e. The maximum absolute atomic E-state index is 6.09. The summed E-state index contributed by atoms with van der Waals surface area (Å²) in [5.74, 6) is 1.39. The molecule has 0 aliphatic rings. The number of aryl methyl sites for hydroxylation is 1. The van der Waals surface area contributed by atoms with Gasteiger partial charge in [-0.15, -0.1) is 0 Å². The van der Waals surface area contributed by atoms with Crippen molar-refractivity contribution in [2.45, 2.75) is 26.7 Å². The third-order valence-corrected chi connectivity index (χ3v) is 3.18. The molecule has 90 valence electrons. The van der Waals surface area contributed by atoms with Crippen molar-refractivity contribution in [1.29, 1.82) is 0 Å². The fourth-order valence-electron chi connectivity index (χ4n) is 2.08. The van der Waals surface area contributed by atoms with Crippen molar-refractivity contribution in [3.63, 3.8) is 0 Å². The number of fused-ring (bicyclic) bond motifs is 1. The minimum Gasteiger partial charge on any atom is -0.373 e. The van der Waals surface area contributed by atoms with Crippen LogP contribution in [0.4, 0.5) is 5.82 Å². The van der Waals surface area contributed by atoms with Gasteiger partial charge in [-0.3, -0.25) is 0 Å². The number of nitrogens with one attached hydrogen (secondary N) is 1. The molecule has 0 fully saturated rings. The Bertz CT molecular complexity index is 562. The van der Waals surface area contributed by atoms with Crippen molar-refractivity contribution >= 4 is 28.3 Å². The van der Waals surface area contributed by atoms with Crippen molar-refractivity contribution in [3.05, 3.63) is 34.3 Å². The van der Waals surface area contributed by atoms with Gasteiger partial charge in [-0.1, -0.05) is 25.4 Å². The number of hydrogen-bond acceptors (Lipinski definition) is 2. The molecule has 0 unspecified atom stereocenters. The van der Waals surface area contributed by atoms with E-state index in [0.717, 1.165) is 27.3 Å². The lowest BCUT2D eigenvalue weighted by Crippen LogP contribution is -2.01. The fourth-order valence-corrected chi connectivity index (χ4v) is 2.36. The minimum atomic E-state index is 0.439. The van der Waals surface area contributed by atoms with Gasteiger partial charge in [0, 0.05) is 17.5 Å². The molecule has 1 aromatic heterocycles. The first-order chi connectivity index (χ1) is 8.02. The minimum absolute atomic E-state index is 0.439. The smallest absolute Gasteiger partial charge is 0.129 e. The zero-order chi connectivity index (χ0) is 12.6. The van der Waals surface area contributed by atoms with Crippen molar-refractivity contribution in [1.82, 2.24) is 4.98 Å². The molecule has 1 aromatic carbocycles. The molecule has 0 bridgehead atoms. The maximum atomic E-state index is 6.09. The van der Waals surface area contributed by atoms with Crippen LogP contribution in [0.2, 0.25) is 5.02 Å². The molecule has 2 rings (SSSR count). The van der Waals surface area contributed by atoms with E-state index in [1.165, 1.54) is 5.56 Å². The van der Waals surface area contributed by atoms with E-state index in [9.17, 15) is 0 Å². The monoisotopic (exact) mass is 248 g/mol. The quantitative estimate of drug-likeness (QED) is 0.854. The van der Waals surface area contributed by atoms with Crippen LogP contribution in [0, 0.1) is 6.92 Å². The van der Waals surface area contributed by atoms with Crippen molar-refractivity contribution in [3.8, 4) is 0 Å². The Morgan fingerprint density at radius 3 is 2.53 bits per heavy atom. The molecule has 0 saturated heterocycles. The first-order valence-corrected chi connectivity index (χ1v) is 6.19. The number of rotatable bonds is 2. The molecule has 0 atom stereocenters. The van der Waals surface area contributed by atoms with E-state index in [-0.39, 0.29) is 0 Å². The maximum Gasteiger partial charge on any atom is 0.129 e. The average Bonchev–Trinajstić information content (AvgIpc) is 2.27. The highest BCUT2D eigenvalue weighted by Crippen LogP contribution is 2.29. The summed E-state index contributed by atoms with van der Waals surface area (Å²) in [6.07, 6.45) is 0. The number of nitrogens with zero attached hydrogens (tertiary/aromatic N) is 1. The third-order valence-electron chi connectivity index (χ3n) is 2.96. The summed E-state index contributed by atoms with van der Waals surface area (Å²) in [5.41, 5.74) is 3.35. The summed E-state index contributed by atoms with van der Waals surface area (Å²) in [6, 6.07) is 6.10. The molecule has 1 N–H and O–H groups in total. The molecule has 2 nitrogen and oxygen atoms in total. The molecule has 0 radical (unpaired) electrons. The Labute approximate surface area is 107 Å². The summed E-state index contributed by atoms with van der Waals surface area (Å²) in [6.45, 7) is 6.37. The normalized spacial score (nSPS) is 11.2. The zero-order valence-electron chi connectivity index (χ0n) is 10.6. The molecule has 0 spiro atoms. The SMILES string of the molecule is CNc1nc2c(C)cc(Cl)cc2cc1C(C)C. The summed E-state index contributed by atoms with van der Waals surface area (Å²) < 4.78 is 0. The van der Waals surface area contributed by atoms with E-state index in [2.05, 4.69) is 30.2 Å². The summed E-state index contributed by atoms with van der Waals surface area (Å²) >= 11 is 6.09. The molecule has 0 saturated carbocycles. The molecule has 0 aliphatic heterocycles. The van der Waals surface area contributed by atoms with Gasteiger partial charge in [0.2, 0.25) is 0 Å². The molecular formula is C14H17ClN2. The Morgan fingerprint density at radius 1 is 1.24 bits per heavy atom. The van der Waals surface area contributed by atoms with E-state index >= 15 is 0 Å². The molecule has 2 aromatic rings. The highest BCUT2D eigenvalue weighted by Gasteiger charge is 2.10. The van der Waals surface area contributed by atoms with Gasteiger partial charge in [0.1, 0.15) is 5.82 Å². The van der Waals surface area contributed by atoms with Gasteiger partial charge in [0.15, 0.2) is 0 Å². The predicted molar refractivity (Wildman–Crippen MR) is 75.1 cm³/mol. The van der Waals surface area contributed by atoms with Gasteiger partial charge in [-0.05, 0) is 42.2 Å². The van der Waals surface area contributed by atoms with E-state index in [0.29, 0.717) is 5.92 Å². The van der Waals surface area contributed by atoms with Crippen LogP contribution < -0.4 is 5.32 Å². The lowest BCUT2D eigenvalue weighted by atomic mass is 10.0. The average molecular weight is 249 g/mol. The topological polar surface area (TPSA) is 24.9 Å². The zero-order valence-corrected chi connectivity index (χ0v) is 11.4. The molecule has 1 heterocycles. The standard InChI is InChI=1S/C14H17ClN2/c1-8(2)12-7-10-6-11(15)5-9(3)13(10)17-14(12)16-4/h5-8H,1-4H3,(H,16,17). The van der Waals surface area contributed by atoms with Gasteiger partial charge >= 0.3 is 0 Å². The highest BCUT2D eigenvalue weighted by molar-refractivity contribution is 6.31. The molecule has 0 amide bonds. The van der Waals surface area contributed by atoms with Crippen LogP contribution in [0.3, 0.4) is 0 Å². The van der Waals surface area contributed by atoms with Gasteiger partial charge in [0.05, 0.1) is 5.52 Å². The second-order valence-corrected chi connectivity index (χ2v) is 5.06. The fraction of sp³-hybridized carbons (Fsp3) is 0.357. The second kappa shape index (κ2) is 4.53. The second-order valence-electron chi connectivity index (χ2n) is 4.63. The Morgan fingerprint density at radius 2 is 1.94 bits per heavy atom. The number of anilines is 1. The van der Waals surface area contributed by atoms with E-state index in [4.69, 9.17) is 11.6 Å². The molecular weight excluding hydrogens is 232 g/mol. The summed E-state index contributed by atoms with van der Waals surface area (Å²) in [5, 5.41) is 5.04. The van der Waals surface area contributed by atoms with Crippen LogP contribution in [-0.2, 0) is 0 Å². The van der Waals surface area contributed by atoms with Crippen LogP contribution in [-0.4, -0.2) is 12.0 Å². The van der Waals surface area contributed by atoms with Gasteiger partial charge in [-0.2, -0.15) is 0 Å².